The smallest absolute Gasteiger partial charge is 0.143 e. The van der Waals surface area contributed by atoms with Gasteiger partial charge in [0.25, 0.3) is 0 Å². The number of ether oxygens (including phenoxy) is 1. The van der Waals surface area contributed by atoms with Gasteiger partial charge in [-0.2, -0.15) is 0 Å². The summed E-state index contributed by atoms with van der Waals surface area (Å²) in [7, 11) is 1.70. The topological polar surface area (TPSA) is 66.0 Å². The van der Waals surface area contributed by atoms with Gasteiger partial charge in [-0.15, -0.1) is 5.10 Å². The van der Waals surface area contributed by atoms with Crippen LogP contribution in [0.25, 0.3) is 0 Å². The van der Waals surface area contributed by atoms with Crippen LogP contribution < -0.4 is 5.73 Å². The van der Waals surface area contributed by atoms with E-state index in [1.54, 1.807) is 7.11 Å². The lowest BCUT2D eigenvalue weighted by molar-refractivity contribution is 0.188. The average Bonchev–Trinajstić information content (AvgIpc) is 3.01. The van der Waals surface area contributed by atoms with Gasteiger partial charge in [-0.1, -0.05) is 17.4 Å². The number of aryl methyl sites for hydroxylation is 1. The van der Waals surface area contributed by atoms with Gasteiger partial charge in [0.1, 0.15) is 10.7 Å². The zero-order valence-corrected chi connectivity index (χ0v) is 10.9. The molecular weight excluding hydrogens is 236 g/mol. The van der Waals surface area contributed by atoms with Gasteiger partial charge < -0.3 is 10.5 Å². The van der Waals surface area contributed by atoms with Crippen molar-refractivity contribution in [1.29, 1.82) is 0 Å². The molecule has 6 heteroatoms. The summed E-state index contributed by atoms with van der Waals surface area (Å²) >= 11 is 5.01. The molecule has 1 aliphatic carbocycles. The summed E-state index contributed by atoms with van der Waals surface area (Å²) in [4.78, 5) is 0.346. The van der Waals surface area contributed by atoms with Crippen molar-refractivity contribution in [3.05, 3.63) is 11.4 Å². The van der Waals surface area contributed by atoms with Crippen LogP contribution in [-0.2, 0) is 17.7 Å². The van der Waals surface area contributed by atoms with E-state index < -0.39 is 0 Å². The van der Waals surface area contributed by atoms with Gasteiger partial charge in [0.05, 0.1) is 5.69 Å². The van der Waals surface area contributed by atoms with E-state index in [0.29, 0.717) is 10.7 Å². The lowest BCUT2D eigenvalue weighted by Crippen LogP contribution is -2.15. The van der Waals surface area contributed by atoms with Gasteiger partial charge in [-0.05, 0) is 31.6 Å². The Bertz CT molecular complexity index is 400. The van der Waals surface area contributed by atoms with Gasteiger partial charge in [-0.3, -0.25) is 0 Å². The highest BCUT2D eigenvalue weighted by molar-refractivity contribution is 7.80. The predicted molar refractivity (Wildman–Crippen MR) is 68.8 cm³/mol. The molecule has 94 valence electrons. The number of methoxy groups -OCH3 is 1. The second kappa shape index (κ2) is 5.55. The molecule has 0 aromatic carbocycles. The lowest BCUT2D eigenvalue weighted by atomic mass is 10.2. The van der Waals surface area contributed by atoms with Crippen molar-refractivity contribution in [2.24, 2.45) is 11.7 Å². The van der Waals surface area contributed by atoms with Crippen LogP contribution in [0.2, 0.25) is 0 Å². The molecule has 0 amide bonds. The Kier molecular flexibility index (Phi) is 4.06. The highest BCUT2D eigenvalue weighted by Crippen LogP contribution is 2.33. The van der Waals surface area contributed by atoms with E-state index in [2.05, 4.69) is 10.3 Å². The molecule has 1 heterocycles. The third-order valence-corrected chi connectivity index (χ3v) is 3.16. The number of rotatable bonds is 7. The van der Waals surface area contributed by atoms with E-state index in [1.807, 2.05) is 4.68 Å². The summed E-state index contributed by atoms with van der Waals surface area (Å²) in [6, 6.07) is 0. The van der Waals surface area contributed by atoms with E-state index in [-0.39, 0.29) is 0 Å². The fraction of sp³-hybridized carbons (Fsp3) is 0.727. The van der Waals surface area contributed by atoms with Crippen LogP contribution in [0.3, 0.4) is 0 Å². The van der Waals surface area contributed by atoms with Crippen LogP contribution in [0.5, 0.6) is 0 Å². The maximum absolute atomic E-state index is 5.67. The molecule has 0 bridgehead atoms. The van der Waals surface area contributed by atoms with E-state index in [4.69, 9.17) is 22.7 Å². The monoisotopic (exact) mass is 254 g/mol. The standard InChI is InChI=1S/C11H18N4OS/c1-16-6-2-5-15-9(7-8-3-4-8)10(11(12)17)13-14-15/h8H,2-7H2,1H3,(H2,12,17). The molecule has 17 heavy (non-hydrogen) atoms. The van der Waals surface area contributed by atoms with E-state index in [9.17, 15) is 0 Å². The molecule has 0 spiro atoms. The molecule has 1 aromatic heterocycles. The van der Waals surface area contributed by atoms with E-state index in [0.717, 1.165) is 37.6 Å². The molecule has 1 aliphatic rings. The highest BCUT2D eigenvalue weighted by Gasteiger charge is 2.26. The predicted octanol–water partition coefficient (Wildman–Crippen LogP) is 0.901. The molecule has 0 aliphatic heterocycles. The second-order valence-corrected chi connectivity index (χ2v) is 4.91. The van der Waals surface area contributed by atoms with Gasteiger partial charge in [0, 0.05) is 20.3 Å². The number of hydrogen-bond donors (Lipinski definition) is 1. The van der Waals surface area contributed by atoms with E-state index >= 15 is 0 Å². The summed E-state index contributed by atoms with van der Waals surface area (Å²) in [5.41, 5.74) is 7.46. The molecule has 2 N–H and O–H groups in total. The first-order valence-electron chi connectivity index (χ1n) is 5.93. The molecule has 1 aromatic rings. The zero-order chi connectivity index (χ0) is 12.3. The van der Waals surface area contributed by atoms with Crippen molar-refractivity contribution in [3.63, 3.8) is 0 Å². The molecule has 0 atom stereocenters. The minimum atomic E-state index is 0.346. The Morgan fingerprint density at radius 3 is 2.94 bits per heavy atom. The van der Waals surface area contributed by atoms with Crippen molar-refractivity contribution < 1.29 is 4.74 Å². The minimum Gasteiger partial charge on any atom is -0.388 e. The normalized spacial score (nSPS) is 15.1. The molecule has 0 saturated heterocycles. The van der Waals surface area contributed by atoms with Crippen molar-refractivity contribution in [1.82, 2.24) is 15.0 Å². The number of thiocarbonyl (C=S) groups is 1. The Hall–Kier alpha value is -1.01. The highest BCUT2D eigenvalue weighted by atomic mass is 32.1. The third-order valence-electron chi connectivity index (χ3n) is 2.97. The van der Waals surface area contributed by atoms with Crippen molar-refractivity contribution >= 4 is 17.2 Å². The largest absolute Gasteiger partial charge is 0.388 e. The van der Waals surface area contributed by atoms with Crippen LogP contribution in [0.4, 0.5) is 0 Å². The zero-order valence-electron chi connectivity index (χ0n) is 10.1. The molecule has 0 radical (unpaired) electrons. The van der Waals surface area contributed by atoms with Gasteiger partial charge in [-0.25, -0.2) is 4.68 Å². The molecule has 0 unspecified atom stereocenters. The van der Waals surface area contributed by atoms with Crippen LogP contribution in [-0.4, -0.2) is 33.7 Å². The summed E-state index contributed by atoms with van der Waals surface area (Å²) in [5, 5.41) is 8.21. The number of nitrogens with zero attached hydrogens (tertiary/aromatic N) is 3. The molecular formula is C11H18N4OS. The second-order valence-electron chi connectivity index (χ2n) is 4.47. The average molecular weight is 254 g/mol. The number of hydrogen-bond acceptors (Lipinski definition) is 4. The SMILES string of the molecule is COCCCn1nnc(C(N)=S)c1CC1CC1. The summed E-state index contributed by atoms with van der Waals surface area (Å²) in [6.07, 6.45) is 4.50. The van der Waals surface area contributed by atoms with Crippen molar-refractivity contribution in [2.75, 3.05) is 13.7 Å². The van der Waals surface area contributed by atoms with Gasteiger partial charge in [0.15, 0.2) is 0 Å². The van der Waals surface area contributed by atoms with Crippen LogP contribution in [0.1, 0.15) is 30.7 Å². The molecule has 1 fully saturated rings. The molecule has 2 rings (SSSR count). The van der Waals surface area contributed by atoms with Gasteiger partial charge in [0.2, 0.25) is 0 Å². The first kappa shape index (κ1) is 12.4. The Morgan fingerprint density at radius 1 is 1.59 bits per heavy atom. The number of aromatic nitrogens is 3. The fourth-order valence-electron chi connectivity index (χ4n) is 1.86. The molecule has 1 saturated carbocycles. The van der Waals surface area contributed by atoms with Crippen molar-refractivity contribution in [3.8, 4) is 0 Å². The van der Waals surface area contributed by atoms with Crippen molar-refractivity contribution in [2.45, 2.75) is 32.2 Å². The maximum atomic E-state index is 5.67. The number of nitrogens with two attached hydrogens (primary N) is 1. The third kappa shape index (κ3) is 3.23. The Balaban J connectivity index is 2.09. The fourth-order valence-corrected chi connectivity index (χ4v) is 2.02. The van der Waals surface area contributed by atoms with Crippen LogP contribution in [0.15, 0.2) is 0 Å². The first-order valence-corrected chi connectivity index (χ1v) is 6.34. The lowest BCUT2D eigenvalue weighted by Gasteiger charge is -2.06. The summed E-state index contributed by atoms with van der Waals surface area (Å²) in [6.45, 7) is 1.54. The minimum absolute atomic E-state index is 0.346. The van der Waals surface area contributed by atoms with E-state index in [1.165, 1.54) is 12.8 Å². The van der Waals surface area contributed by atoms with Crippen LogP contribution in [0, 0.1) is 5.92 Å². The first-order chi connectivity index (χ1) is 8.22. The summed E-state index contributed by atoms with van der Waals surface area (Å²) < 4.78 is 6.96. The quantitative estimate of drug-likeness (QED) is 0.578. The summed E-state index contributed by atoms with van der Waals surface area (Å²) in [5.74, 6) is 0.766. The van der Waals surface area contributed by atoms with Gasteiger partial charge >= 0.3 is 0 Å². The Labute approximate surface area is 106 Å². The Morgan fingerprint density at radius 2 is 2.35 bits per heavy atom. The molecule has 5 nitrogen and oxygen atoms in total. The van der Waals surface area contributed by atoms with Crippen LogP contribution >= 0.6 is 12.2 Å². The maximum Gasteiger partial charge on any atom is 0.143 e.